The van der Waals surface area contributed by atoms with Crippen LogP contribution in [0.3, 0.4) is 0 Å². The van der Waals surface area contributed by atoms with Gasteiger partial charge in [-0.3, -0.25) is 0 Å². The standard InChI is InChI=1S/C12H17N3O.ClH/c1-11(9-15-5-4-13-10-15)7-14-8-12-3-2-6-16-12;/h2-6,10-11,14H,7-9H2,1H3;1H. The van der Waals surface area contributed by atoms with Crippen molar-refractivity contribution < 1.29 is 4.42 Å². The monoisotopic (exact) mass is 255 g/mol. The van der Waals surface area contributed by atoms with Crippen LogP contribution in [0.1, 0.15) is 12.7 Å². The number of halogens is 1. The smallest absolute Gasteiger partial charge is 0.117 e. The van der Waals surface area contributed by atoms with E-state index in [4.69, 9.17) is 4.42 Å². The molecule has 2 aromatic heterocycles. The lowest BCUT2D eigenvalue weighted by Crippen LogP contribution is -2.23. The highest BCUT2D eigenvalue weighted by molar-refractivity contribution is 5.85. The minimum atomic E-state index is 0. The van der Waals surface area contributed by atoms with E-state index in [1.807, 2.05) is 30.9 Å². The first-order valence-corrected chi connectivity index (χ1v) is 5.53. The number of hydrogen-bond acceptors (Lipinski definition) is 3. The number of rotatable bonds is 6. The maximum atomic E-state index is 5.24. The fraction of sp³-hybridized carbons (Fsp3) is 0.417. The molecule has 17 heavy (non-hydrogen) atoms. The average molecular weight is 256 g/mol. The molecule has 0 amide bonds. The summed E-state index contributed by atoms with van der Waals surface area (Å²) in [6, 6.07) is 3.89. The number of nitrogens with one attached hydrogen (secondary N) is 1. The van der Waals surface area contributed by atoms with Gasteiger partial charge in [-0.1, -0.05) is 6.92 Å². The Labute approximate surface area is 107 Å². The van der Waals surface area contributed by atoms with Crippen molar-refractivity contribution in [2.24, 2.45) is 5.92 Å². The fourth-order valence-electron chi connectivity index (χ4n) is 1.67. The lowest BCUT2D eigenvalue weighted by molar-refractivity contribution is 0.421. The van der Waals surface area contributed by atoms with Gasteiger partial charge in [0.15, 0.2) is 0 Å². The van der Waals surface area contributed by atoms with E-state index in [2.05, 4.69) is 21.8 Å². The van der Waals surface area contributed by atoms with E-state index in [1.165, 1.54) is 0 Å². The normalized spacial score (nSPS) is 12.1. The molecule has 0 aliphatic heterocycles. The molecular weight excluding hydrogens is 238 g/mol. The van der Waals surface area contributed by atoms with Gasteiger partial charge in [-0.25, -0.2) is 4.98 Å². The van der Waals surface area contributed by atoms with E-state index in [-0.39, 0.29) is 12.4 Å². The summed E-state index contributed by atoms with van der Waals surface area (Å²) in [6.45, 7) is 4.97. The Kier molecular flexibility index (Phi) is 5.80. The molecule has 1 N–H and O–H groups in total. The molecule has 0 aromatic carbocycles. The third kappa shape index (κ3) is 4.63. The molecular formula is C12H18ClN3O. The summed E-state index contributed by atoms with van der Waals surface area (Å²) in [7, 11) is 0. The Hall–Kier alpha value is -1.26. The van der Waals surface area contributed by atoms with E-state index < -0.39 is 0 Å². The molecule has 0 aliphatic rings. The number of nitrogens with zero attached hydrogens (tertiary/aromatic N) is 2. The quantitative estimate of drug-likeness (QED) is 0.862. The molecule has 0 aliphatic carbocycles. The highest BCUT2D eigenvalue weighted by atomic mass is 35.5. The number of hydrogen-bond donors (Lipinski definition) is 1. The Morgan fingerprint density at radius 3 is 3.06 bits per heavy atom. The summed E-state index contributed by atoms with van der Waals surface area (Å²) in [6.07, 6.45) is 7.35. The summed E-state index contributed by atoms with van der Waals surface area (Å²) < 4.78 is 7.34. The van der Waals surface area contributed by atoms with Crippen LogP contribution in [-0.2, 0) is 13.1 Å². The average Bonchev–Trinajstić information content (AvgIpc) is 2.90. The lowest BCUT2D eigenvalue weighted by Gasteiger charge is -2.12. The molecule has 2 rings (SSSR count). The Bertz CT molecular complexity index is 386. The summed E-state index contributed by atoms with van der Waals surface area (Å²) in [5, 5.41) is 3.37. The summed E-state index contributed by atoms with van der Waals surface area (Å²) >= 11 is 0. The van der Waals surface area contributed by atoms with Gasteiger partial charge in [0.05, 0.1) is 19.1 Å². The molecule has 4 nitrogen and oxygen atoms in total. The third-order valence-corrected chi connectivity index (χ3v) is 2.45. The first kappa shape index (κ1) is 13.8. The van der Waals surface area contributed by atoms with Crippen molar-refractivity contribution in [3.63, 3.8) is 0 Å². The van der Waals surface area contributed by atoms with Gasteiger partial charge in [0.2, 0.25) is 0 Å². The van der Waals surface area contributed by atoms with Crippen molar-refractivity contribution in [3.05, 3.63) is 42.9 Å². The molecule has 1 unspecified atom stereocenters. The maximum absolute atomic E-state index is 5.24. The van der Waals surface area contributed by atoms with E-state index in [0.29, 0.717) is 5.92 Å². The molecule has 0 saturated carbocycles. The van der Waals surface area contributed by atoms with E-state index in [0.717, 1.165) is 25.4 Å². The predicted octanol–water partition coefficient (Wildman–Crippen LogP) is 2.32. The Morgan fingerprint density at radius 2 is 2.41 bits per heavy atom. The summed E-state index contributed by atoms with van der Waals surface area (Å²) in [5.41, 5.74) is 0. The highest BCUT2D eigenvalue weighted by Gasteiger charge is 2.03. The van der Waals surface area contributed by atoms with Crippen LogP contribution in [0.2, 0.25) is 0 Å². The van der Waals surface area contributed by atoms with Crippen molar-refractivity contribution in [3.8, 4) is 0 Å². The summed E-state index contributed by atoms with van der Waals surface area (Å²) in [4.78, 5) is 4.02. The first-order valence-electron chi connectivity index (χ1n) is 5.53. The lowest BCUT2D eigenvalue weighted by atomic mass is 10.2. The van der Waals surface area contributed by atoms with Gasteiger partial charge < -0.3 is 14.3 Å². The molecule has 0 bridgehead atoms. The largest absolute Gasteiger partial charge is 0.468 e. The Balaban J connectivity index is 0.00000144. The first-order chi connectivity index (χ1) is 7.84. The van der Waals surface area contributed by atoms with Crippen molar-refractivity contribution in [1.82, 2.24) is 14.9 Å². The second kappa shape index (κ2) is 7.14. The molecule has 0 saturated heterocycles. The van der Waals surface area contributed by atoms with Crippen LogP contribution in [0.5, 0.6) is 0 Å². The number of aromatic nitrogens is 2. The molecule has 0 spiro atoms. The highest BCUT2D eigenvalue weighted by Crippen LogP contribution is 2.01. The van der Waals surface area contributed by atoms with Gasteiger partial charge >= 0.3 is 0 Å². The minimum absolute atomic E-state index is 0. The maximum Gasteiger partial charge on any atom is 0.117 e. The van der Waals surface area contributed by atoms with Gasteiger partial charge in [0, 0.05) is 18.9 Å². The van der Waals surface area contributed by atoms with Crippen LogP contribution in [0.4, 0.5) is 0 Å². The van der Waals surface area contributed by atoms with Gasteiger partial charge in [-0.05, 0) is 24.6 Å². The molecule has 2 aromatic rings. The molecule has 1 atom stereocenters. The zero-order chi connectivity index (χ0) is 11.2. The molecule has 0 fully saturated rings. The van der Waals surface area contributed by atoms with Crippen LogP contribution in [-0.4, -0.2) is 16.1 Å². The third-order valence-electron chi connectivity index (χ3n) is 2.45. The zero-order valence-corrected chi connectivity index (χ0v) is 10.7. The van der Waals surface area contributed by atoms with Crippen LogP contribution >= 0.6 is 12.4 Å². The second-order valence-corrected chi connectivity index (χ2v) is 4.07. The topological polar surface area (TPSA) is 43.0 Å². The predicted molar refractivity (Wildman–Crippen MR) is 69.1 cm³/mol. The van der Waals surface area contributed by atoms with Crippen LogP contribution in [0.25, 0.3) is 0 Å². The van der Waals surface area contributed by atoms with E-state index in [1.54, 1.807) is 6.26 Å². The van der Waals surface area contributed by atoms with Crippen molar-refractivity contribution in [1.29, 1.82) is 0 Å². The fourth-order valence-corrected chi connectivity index (χ4v) is 1.67. The second-order valence-electron chi connectivity index (χ2n) is 4.07. The van der Waals surface area contributed by atoms with Crippen molar-refractivity contribution in [2.45, 2.75) is 20.0 Å². The van der Waals surface area contributed by atoms with Gasteiger partial charge in [-0.2, -0.15) is 0 Å². The van der Waals surface area contributed by atoms with E-state index >= 15 is 0 Å². The van der Waals surface area contributed by atoms with Gasteiger partial charge in [0.25, 0.3) is 0 Å². The van der Waals surface area contributed by atoms with Crippen LogP contribution in [0, 0.1) is 5.92 Å². The Morgan fingerprint density at radius 1 is 1.53 bits per heavy atom. The van der Waals surface area contributed by atoms with Crippen molar-refractivity contribution >= 4 is 12.4 Å². The SMILES string of the molecule is CC(CNCc1ccco1)Cn1ccnc1.Cl. The number of imidazole rings is 1. The molecule has 94 valence electrons. The molecule has 2 heterocycles. The van der Waals surface area contributed by atoms with Gasteiger partial charge in [-0.15, -0.1) is 12.4 Å². The van der Waals surface area contributed by atoms with Gasteiger partial charge in [0.1, 0.15) is 5.76 Å². The summed E-state index contributed by atoms with van der Waals surface area (Å²) in [5.74, 6) is 1.55. The van der Waals surface area contributed by atoms with E-state index in [9.17, 15) is 0 Å². The number of furan rings is 1. The zero-order valence-electron chi connectivity index (χ0n) is 9.87. The molecule has 5 heteroatoms. The minimum Gasteiger partial charge on any atom is -0.468 e. The van der Waals surface area contributed by atoms with Crippen LogP contribution in [0.15, 0.2) is 41.5 Å². The van der Waals surface area contributed by atoms with Crippen LogP contribution < -0.4 is 5.32 Å². The molecule has 0 radical (unpaired) electrons. The van der Waals surface area contributed by atoms with Crippen molar-refractivity contribution in [2.75, 3.05) is 6.54 Å².